The van der Waals surface area contributed by atoms with E-state index in [9.17, 15) is 5.11 Å². The lowest BCUT2D eigenvalue weighted by atomic mass is 9.77. The molecule has 1 aliphatic carbocycles. The van der Waals surface area contributed by atoms with Crippen LogP contribution in [0.3, 0.4) is 0 Å². The minimum atomic E-state index is -0.0260. The molecule has 2 heteroatoms. The van der Waals surface area contributed by atoms with Gasteiger partial charge >= 0.3 is 0 Å². The normalized spacial score (nSPS) is 28.9. The zero-order valence-corrected chi connectivity index (χ0v) is 11.6. The lowest BCUT2D eigenvalue weighted by Gasteiger charge is -2.30. The van der Waals surface area contributed by atoms with E-state index in [1.54, 1.807) is 0 Å². The topological polar surface area (TPSA) is 40.5 Å². The van der Waals surface area contributed by atoms with Crippen LogP contribution in [0.4, 0.5) is 0 Å². The van der Waals surface area contributed by atoms with Crippen molar-refractivity contribution in [2.24, 2.45) is 17.8 Å². The Balaban J connectivity index is 2.13. The Morgan fingerprint density at radius 2 is 1.65 bits per heavy atom. The van der Waals surface area contributed by atoms with Crippen LogP contribution >= 0.6 is 0 Å². The summed E-state index contributed by atoms with van der Waals surface area (Å²) >= 11 is 0. The summed E-state index contributed by atoms with van der Waals surface area (Å²) in [5.41, 5.74) is 0. The van der Waals surface area contributed by atoms with Crippen molar-refractivity contribution in [2.75, 3.05) is 6.61 Å². The predicted molar refractivity (Wildman–Crippen MR) is 71.8 cm³/mol. The molecule has 1 fully saturated rings. The van der Waals surface area contributed by atoms with Gasteiger partial charge in [-0.1, -0.05) is 26.7 Å². The molecule has 0 aromatic rings. The van der Waals surface area contributed by atoms with E-state index < -0.39 is 0 Å². The average Bonchev–Trinajstić information content (AvgIpc) is 2.34. The maximum Gasteiger partial charge on any atom is 0.0540 e. The van der Waals surface area contributed by atoms with Gasteiger partial charge in [0, 0.05) is 6.61 Å². The van der Waals surface area contributed by atoms with Crippen LogP contribution in [-0.2, 0) is 0 Å². The van der Waals surface area contributed by atoms with E-state index >= 15 is 0 Å². The van der Waals surface area contributed by atoms with Crippen molar-refractivity contribution in [3.8, 4) is 0 Å². The monoisotopic (exact) mass is 242 g/mol. The van der Waals surface area contributed by atoms with Crippen LogP contribution in [0.25, 0.3) is 0 Å². The van der Waals surface area contributed by atoms with E-state index in [2.05, 4.69) is 13.8 Å². The summed E-state index contributed by atoms with van der Waals surface area (Å²) in [6.45, 7) is 5.01. The Morgan fingerprint density at radius 1 is 1.00 bits per heavy atom. The SMILES string of the molecule is CC(CCCO)CCC(C)[C@H]1CC[C@H](O)CC1. The molecule has 0 amide bonds. The summed E-state index contributed by atoms with van der Waals surface area (Å²) in [4.78, 5) is 0. The van der Waals surface area contributed by atoms with Gasteiger partial charge in [-0.25, -0.2) is 0 Å². The van der Waals surface area contributed by atoms with Gasteiger partial charge in [-0.15, -0.1) is 0 Å². The summed E-state index contributed by atoms with van der Waals surface area (Å²) in [5, 5.41) is 18.3. The third kappa shape index (κ3) is 5.87. The Morgan fingerprint density at radius 3 is 2.24 bits per heavy atom. The standard InChI is InChI=1S/C15H30O2/c1-12(4-3-11-16)5-6-13(2)14-7-9-15(17)10-8-14/h12-17H,3-11H2,1-2H3/t12?,13?,14-,15-. The summed E-state index contributed by atoms with van der Waals surface area (Å²) in [6.07, 6.45) is 9.14. The highest BCUT2D eigenvalue weighted by Crippen LogP contribution is 2.33. The molecule has 1 rings (SSSR count). The maximum atomic E-state index is 9.50. The average molecular weight is 242 g/mol. The van der Waals surface area contributed by atoms with Gasteiger partial charge in [0.15, 0.2) is 0 Å². The van der Waals surface area contributed by atoms with E-state index in [0.29, 0.717) is 6.61 Å². The molecule has 0 aromatic heterocycles. The Labute approximate surface area is 106 Å². The van der Waals surface area contributed by atoms with Gasteiger partial charge in [-0.3, -0.25) is 0 Å². The first-order chi connectivity index (χ1) is 8.13. The van der Waals surface area contributed by atoms with Gasteiger partial charge in [0.2, 0.25) is 0 Å². The third-order valence-electron chi connectivity index (χ3n) is 4.52. The van der Waals surface area contributed by atoms with Crippen molar-refractivity contribution in [3.63, 3.8) is 0 Å². The smallest absolute Gasteiger partial charge is 0.0540 e. The second-order valence-corrected chi connectivity index (χ2v) is 6.09. The van der Waals surface area contributed by atoms with E-state index in [-0.39, 0.29) is 6.10 Å². The molecular weight excluding hydrogens is 212 g/mol. The third-order valence-corrected chi connectivity index (χ3v) is 4.52. The molecule has 0 heterocycles. The van der Waals surface area contributed by atoms with Crippen LogP contribution in [0, 0.1) is 17.8 Å². The summed E-state index contributed by atoms with van der Waals surface area (Å²) in [7, 11) is 0. The molecule has 0 saturated heterocycles. The fraction of sp³-hybridized carbons (Fsp3) is 1.00. The van der Waals surface area contributed by atoms with Crippen molar-refractivity contribution in [2.45, 2.75) is 71.3 Å². The van der Waals surface area contributed by atoms with Gasteiger partial charge in [-0.2, -0.15) is 0 Å². The second-order valence-electron chi connectivity index (χ2n) is 6.09. The fourth-order valence-electron chi connectivity index (χ4n) is 3.04. The Kier molecular flexibility index (Phi) is 7.14. The molecule has 2 atom stereocenters. The molecule has 2 unspecified atom stereocenters. The molecule has 2 N–H and O–H groups in total. The van der Waals surface area contributed by atoms with Crippen molar-refractivity contribution in [1.82, 2.24) is 0 Å². The van der Waals surface area contributed by atoms with Crippen LogP contribution in [0.2, 0.25) is 0 Å². The Bertz CT molecular complexity index is 185. The maximum absolute atomic E-state index is 9.50. The lowest BCUT2D eigenvalue weighted by molar-refractivity contribution is 0.0908. The quantitative estimate of drug-likeness (QED) is 0.718. The Hall–Kier alpha value is -0.0800. The first kappa shape index (κ1) is 15.0. The van der Waals surface area contributed by atoms with Gasteiger partial charge in [0.05, 0.1) is 6.10 Å². The van der Waals surface area contributed by atoms with Crippen molar-refractivity contribution in [3.05, 3.63) is 0 Å². The molecule has 17 heavy (non-hydrogen) atoms. The zero-order valence-electron chi connectivity index (χ0n) is 11.6. The number of aliphatic hydroxyl groups is 2. The zero-order chi connectivity index (χ0) is 12.7. The highest BCUT2D eigenvalue weighted by atomic mass is 16.3. The molecule has 2 nitrogen and oxygen atoms in total. The van der Waals surface area contributed by atoms with Gasteiger partial charge < -0.3 is 10.2 Å². The largest absolute Gasteiger partial charge is 0.396 e. The molecule has 0 aliphatic heterocycles. The lowest BCUT2D eigenvalue weighted by Crippen LogP contribution is -2.23. The van der Waals surface area contributed by atoms with E-state index in [0.717, 1.165) is 43.4 Å². The minimum Gasteiger partial charge on any atom is -0.396 e. The molecule has 1 aliphatic rings. The highest BCUT2D eigenvalue weighted by Gasteiger charge is 2.24. The van der Waals surface area contributed by atoms with Gasteiger partial charge in [-0.05, 0) is 56.3 Å². The molecule has 0 spiro atoms. The number of aliphatic hydroxyl groups excluding tert-OH is 2. The fourth-order valence-corrected chi connectivity index (χ4v) is 3.04. The van der Waals surface area contributed by atoms with Gasteiger partial charge in [0.25, 0.3) is 0 Å². The van der Waals surface area contributed by atoms with Crippen LogP contribution in [0.5, 0.6) is 0 Å². The van der Waals surface area contributed by atoms with Crippen LogP contribution in [0.15, 0.2) is 0 Å². The summed E-state index contributed by atoms with van der Waals surface area (Å²) in [6, 6.07) is 0. The summed E-state index contributed by atoms with van der Waals surface area (Å²) in [5.74, 6) is 2.39. The second kappa shape index (κ2) is 8.10. The number of rotatable bonds is 7. The van der Waals surface area contributed by atoms with Crippen molar-refractivity contribution >= 4 is 0 Å². The van der Waals surface area contributed by atoms with Crippen molar-refractivity contribution in [1.29, 1.82) is 0 Å². The van der Waals surface area contributed by atoms with Crippen molar-refractivity contribution < 1.29 is 10.2 Å². The molecule has 0 radical (unpaired) electrons. The van der Waals surface area contributed by atoms with E-state index in [1.807, 2.05) is 0 Å². The summed E-state index contributed by atoms with van der Waals surface area (Å²) < 4.78 is 0. The van der Waals surface area contributed by atoms with E-state index in [1.165, 1.54) is 25.7 Å². The minimum absolute atomic E-state index is 0.0260. The molecule has 1 saturated carbocycles. The first-order valence-electron chi connectivity index (χ1n) is 7.42. The number of hydrogen-bond donors (Lipinski definition) is 2. The van der Waals surface area contributed by atoms with Crippen LogP contribution in [0.1, 0.15) is 65.2 Å². The molecule has 0 bridgehead atoms. The molecule has 102 valence electrons. The van der Waals surface area contributed by atoms with Crippen LogP contribution < -0.4 is 0 Å². The highest BCUT2D eigenvalue weighted by molar-refractivity contribution is 4.75. The molecule has 0 aromatic carbocycles. The predicted octanol–water partition coefficient (Wildman–Crippen LogP) is 3.36. The van der Waals surface area contributed by atoms with Gasteiger partial charge in [0.1, 0.15) is 0 Å². The van der Waals surface area contributed by atoms with Crippen LogP contribution in [-0.4, -0.2) is 22.9 Å². The number of hydrogen-bond acceptors (Lipinski definition) is 2. The van der Waals surface area contributed by atoms with E-state index in [4.69, 9.17) is 5.11 Å². The first-order valence-corrected chi connectivity index (χ1v) is 7.42. The molecular formula is C15H30O2.